The Morgan fingerprint density at radius 3 is 2.23 bits per heavy atom. The predicted octanol–water partition coefficient (Wildman–Crippen LogP) is 4.43. The van der Waals surface area contributed by atoms with Crippen molar-refractivity contribution >= 4 is 40.8 Å². The topological polar surface area (TPSA) is 86.5 Å². The van der Waals surface area contributed by atoms with Gasteiger partial charge in [-0.05, 0) is 42.0 Å². The van der Waals surface area contributed by atoms with E-state index < -0.39 is 0 Å². The molecular weight excluding hydrogens is 371 g/mol. The zero-order chi connectivity index (χ0) is 18.5. The molecule has 8 heteroatoms. The summed E-state index contributed by atoms with van der Waals surface area (Å²) in [6, 6.07) is 14.4. The number of nitriles is 1. The summed E-state index contributed by atoms with van der Waals surface area (Å²) in [7, 11) is 1.73. The number of hydrogen-bond donors (Lipinski definition) is 2. The maximum atomic E-state index is 8.87. The Morgan fingerprint density at radius 1 is 0.962 bits per heavy atom. The minimum atomic E-state index is 0.373. The largest absolute Gasteiger partial charge is 0.357 e. The highest BCUT2D eigenvalue weighted by Gasteiger charge is 2.11. The monoisotopic (exact) mass is 384 g/mol. The van der Waals surface area contributed by atoms with Crippen molar-refractivity contribution in [1.82, 2.24) is 15.0 Å². The van der Waals surface area contributed by atoms with Crippen LogP contribution >= 0.6 is 23.2 Å². The van der Waals surface area contributed by atoms with Crippen LogP contribution in [0.15, 0.2) is 42.5 Å². The molecular formula is C18H14Cl2N6. The van der Waals surface area contributed by atoms with Gasteiger partial charge in [0.25, 0.3) is 0 Å². The van der Waals surface area contributed by atoms with Crippen LogP contribution in [0.4, 0.5) is 17.6 Å². The third-order valence-electron chi connectivity index (χ3n) is 3.57. The maximum absolute atomic E-state index is 8.87. The molecule has 0 bridgehead atoms. The van der Waals surface area contributed by atoms with E-state index in [1.807, 2.05) is 0 Å². The van der Waals surface area contributed by atoms with E-state index >= 15 is 0 Å². The zero-order valence-corrected chi connectivity index (χ0v) is 15.3. The van der Waals surface area contributed by atoms with Crippen molar-refractivity contribution in [3.8, 4) is 6.07 Å². The SMILES string of the molecule is CNc1nc(Cc2c(Cl)cccc2Cl)nc(Nc2ccc(C#N)cc2)n1. The molecule has 130 valence electrons. The van der Waals surface area contributed by atoms with Crippen molar-refractivity contribution < 1.29 is 0 Å². The molecule has 0 atom stereocenters. The highest BCUT2D eigenvalue weighted by Crippen LogP contribution is 2.26. The number of anilines is 3. The van der Waals surface area contributed by atoms with Gasteiger partial charge in [-0.25, -0.2) is 0 Å². The molecule has 3 rings (SSSR count). The number of halogens is 2. The Bertz CT molecular complexity index is 946. The van der Waals surface area contributed by atoms with Gasteiger partial charge in [0.1, 0.15) is 5.82 Å². The van der Waals surface area contributed by atoms with E-state index in [0.717, 1.165) is 11.3 Å². The number of nitrogens with zero attached hydrogens (tertiary/aromatic N) is 4. The molecule has 26 heavy (non-hydrogen) atoms. The first-order valence-corrected chi connectivity index (χ1v) is 8.47. The quantitative estimate of drug-likeness (QED) is 0.676. The molecule has 0 unspecified atom stereocenters. The van der Waals surface area contributed by atoms with Gasteiger partial charge in [0.05, 0.1) is 11.6 Å². The highest BCUT2D eigenvalue weighted by molar-refractivity contribution is 6.36. The van der Waals surface area contributed by atoms with Crippen molar-refractivity contribution in [2.45, 2.75) is 6.42 Å². The van der Waals surface area contributed by atoms with Gasteiger partial charge in [-0.1, -0.05) is 29.3 Å². The normalized spacial score (nSPS) is 10.2. The molecule has 0 spiro atoms. The van der Waals surface area contributed by atoms with Gasteiger partial charge in [-0.3, -0.25) is 0 Å². The van der Waals surface area contributed by atoms with Crippen molar-refractivity contribution in [1.29, 1.82) is 5.26 Å². The summed E-state index contributed by atoms with van der Waals surface area (Å²) < 4.78 is 0. The Hall–Kier alpha value is -2.88. The van der Waals surface area contributed by atoms with Crippen molar-refractivity contribution in [3.63, 3.8) is 0 Å². The molecule has 0 saturated heterocycles. The second-order valence-corrected chi connectivity index (χ2v) is 6.15. The lowest BCUT2D eigenvalue weighted by molar-refractivity contribution is 0.929. The Morgan fingerprint density at radius 2 is 1.62 bits per heavy atom. The third-order valence-corrected chi connectivity index (χ3v) is 4.28. The van der Waals surface area contributed by atoms with Crippen LogP contribution < -0.4 is 10.6 Å². The first kappa shape index (κ1) is 17.9. The smallest absolute Gasteiger partial charge is 0.232 e. The molecule has 0 saturated carbocycles. The molecule has 6 nitrogen and oxygen atoms in total. The molecule has 2 N–H and O–H groups in total. The van der Waals surface area contributed by atoms with Gasteiger partial charge in [0, 0.05) is 29.2 Å². The van der Waals surface area contributed by atoms with Gasteiger partial charge in [-0.2, -0.15) is 20.2 Å². The fraction of sp³-hybridized carbons (Fsp3) is 0.111. The first-order chi connectivity index (χ1) is 12.6. The third kappa shape index (κ3) is 4.20. The molecule has 0 aliphatic rings. The molecule has 0 amide bonds. The van der Waals surface area contributed by atoms with Crippen molar-refractivity contribution in [2.75, 3.05) is 17.7 Å². The van der Waals surface area contributed by atoms with Crippen LogP contribution in [0.25, 0.3) is 0 Å². The van der Waals surface area contributed by atoms with E-state index in [4.69, 9.17) is 28.5 Å². The zero-order valence-electron chi connectivity index (χ0n) is 13.8. The van der Waals surface area contributed by atoms with Gasteiger partial charge >= 0.3 is 0 Å². The van der Waals surface area contributed by atoms with Gasteiger partial charge < -0.3 is 10.6 Å². The lowest BCUT2D eigenvalue weighted by atomic mass is 10.1. The van der Waals surface area contributed by atoms with E-state index in [1.54, 1.807) is 49.5 Å². The summed E-state index contributed by atoms with van der Waals surface area (Å²) >= 11 is 12.5. The van der Waals surface area contributed by atoms with E-state index in [9.17, 15) is 0 Å². The lowest BCUT2D eigenvalue weighted by Gasteiger charge is -2.10. The Labute approximate surface area is 160 Å². The van der Waals surface area contributed by atoms with Crippen LogP contribution in [0, 0.1) is 11.3 Å². The average molecular weight is 385 g/mol. The fourth-order valence-electron chi connectivity index (χ4n) is 2.28. The summed E-state index contributed by atoms with van der Waals surface area (Å²) in [5, 5.41) is 16.0. The molecule has 1 heterocycles. The van der Waals surface area contributed by atoms with Gasteiger partial charge in [0.15, 0.2) is 0 Å². The average Bonchev–Trinajstić information content (AvgIpc) is 2.65. The standard InChI is InChI=1S/C18H14Cl2N6/c1-22-17-24-16(9-13-14(19)3-2-4-15(13)20)25-18(26-17)23-12-7-5-11(10-21)6-8-12/h2-8H,9H2,1H3,(H2,22,23,24,25,26). The molecule has 0 aliphatic carbocycles. The van der Waals surface area contributed by atoms with Crippen LogP contribution in [0.2, 0.25) is 10.0 Å². The molecule has 1 aromatic heterocycles. The van der Waals surface area contributed by atoms with Crippen LogP contribution in [0.3, 0.4) is 0 Å². The molecule has 0 fully saturated rings. The van der Waals surface area contributed by atoms with Crippen molar-refractivity contribution in [2.24, 2.45) is 0 Å². The minimum absolute atomic E-state index is 0.373. The number of hydrogen-bond acceptors (Lipinski definition) is 6. The second kappa shape index (κ2) is 8.00. The molecule has 3 aromatic rings. The second-order valence-electron chi connectivity index (χ2n) is 5.34. The van der Waals surface area contributed by atoms with E-state index in [1.165, 1.54) is 0 Å². The number of aromatic nitrogens is 3. The number of nitrogens with one attached hydrogen (secondary N) is 2. The van der Waals surface area contributed by atoms with E-state index in [-0.39, 0.29) is 0 Å². The Kier molecular flexibility index (Phi) is 5.52. The predicted molar refractivity (Wildman–Crippen MR) is 103 cm³/mol. The molecule has 0 radical (unpaired) electrons. The van der Waals surface area contributed by atoms with Crippen LogP contribution in [0.1, 0.15) is 17.0 Å². The minimum Gasteiger partial charge on any atom is -0.357 e. The van der Waals surface area contributed by atoms with Gasteiger partial charge in [-0.15, -0.1) is 0 Å². The van der Waals surface area contributed by atoms with Crippen LogP contribution in [-0.2, 0) is 6.42 Å². The highest BCUT2D eigenvalue weighted by atomic mass is 35.5. The first-order valence-electron chi connectivity index (χ1n) is 7.72. The molecule has 2 aromatic carbocycles. The maximum Gasteiger partial charge on any atom is 0.232 e. The van der Waals surface area contributed by atoms with Crippen LogP contribution in [0.5, 0.6) is 0 Å². The summed E-state index contributed by atoms with van der Waals surface area (Å²) in [6.45, 7) is 0. The number of rotatable bonds is 5. The summed E-state index contributed by atoms with van der Waals surface area (Å²) in [4.78, 5) is 13.1. The summed E-state index contributed by atoms with van der Waals surface area (Å²) in [5.41, 5.74) is 2.10. The lowest BCUT2D eigenvalue weighted by Crippen LogP contribution is -2.08. The van der Waals surface area contributed by atoms with E-state index in [2.05, 4.69) is 31.7 Å². The van der Waals surface area contributed by atoms with E-state index in [0.29, 0.717) is 39.8 Å². The molecule has 0 aliphatic heterocycles. The summed E-state index contributed by atoms with van der Waals surface area (Å²) in [6.07, 6.45) is 0.373. The Balaban J connectivity index is 1.90. The van der Waals surface area contributed by atoms with Crippen molar-refractivity contribution in [3.05, 3.63) is 69.5 Å². The fourth-order valence-corrected chi connectivity index (χ4v) is 2.81. The number of benzene rings is 2. The van der Waals surface area contributed by atoms with Gasteiger partial charge in [0.2, 0.25) is 11.9 Å². The van der Waals surface area contributed by atoms with Crippen LogP contribution in [-0.4, -0.2) is 22.0 Å². The summed E-state index contributed by atoms with van der Waals surface area (Å²) in [5.74, 6) is 1.33.